The second-order valence-electron chi connectivity index (χ2n) is 8.55. The standard InChI is InChI=1S/C24H34N6O3/c1-18-4-5-20(16-19(18)2)29-8-10-30(11-9-29)24-26-17-21(23(27-24)32-3)22(31)25-6-7-28-12-14-33-15-13-28/h4-5,16-17H,6-15H2,1-3H3,(H,25,31). The SMILES string of the molecule is COc1nc(N2CCN(c3ccc(C)c(C)c3)CC2)ncc1C(=O)NCCN1CCOCC1. The fraction of sp³-hybridized carbons (Fsp3) is 0.542. The molecular formula is C24H34N6O3. The lowest BCUT2D eigenvalue weighted by molar-refractivity contribution is 0.0383. The number of benzene rings is 1. The van der Waals surface area contributed by atoms with E-state index in [0.29, 0.717) is 23.9 Å². The van der Waals surface area contributed by atoms with E-state index in [1.807, 2.05) is 0 Å². The molecule has 2 aliphatic rings. The van der Waals surface area contributed by atoms with Gasteiger partial charge in [0.05, 0.1) is 20.3 Å². The van der Waals surface area contributed by atoms with Crippen molar-refractivity contribution >= 4 is 17.5 Å². The molecule has 0 unspecified atom stereocenters. The predicted molar refractivity (Wildman–Crippen MR) is 129 cm³/mol. The molecule has 9 heteroatoms. The second-order valence-corrected chi connectivity index (χ2v) is 8.55. The molecule has 0 spiro atoms. The Morgan fingerprint density at radius 2 is 1.79 bits per heavy atom. The number of aryl methyl sites for hydroxylation is 2. The molecule has 1 amide bonds. The van der Waals surface area contributed by atoms with Crippen LogP contribution in [0.3, 0.4) is 0 Å². The summed E-state index contributed by atoms with van der Waals surface area (Å²) in [5, 5.41) is 2.95. The number of hydrogen-bond donors (Lipinski definition) is 1. The molecule has 2 saturated heterocycles. The maximum atomic E-state index is 12.7. The van der Waals surface area contributed by atoms with Gasteiger partial charge in [-0.25, -0.2) is 4.98 Å². The highest BCUT2D eigenvalue weighted by Gasteiger charge is 2.22. The summed E-state index contributed by atoms with van der Waals surface area (Å²) in [7, 11) is 1.54. The Kier molecular flexibility index (Phi) is 7.61. The largest absolute Gasteiger partial charge is 0.480 e. The van der Waals surface area contributed by atoms with Crippen LogP contribution in [0.4, 0.5) is 11.6 Å². The molecule has 2 aliphatic heterocycles. The van der Waals surface area contributed by atoms with E-state index < -0.39 is 0 Å². The van der Waals surface area contributed by atoms with Gasteiger partial charge in [0, 0.05) is 64.2 Å². The van der Waals surface area contributed by atoms with Crippen LogP contribution in [0.1, 0.15) is 21.5 Å². The van der Waals surface area contributed by atoms with Crippen LogP contribution in [0.25, 0.3) is 0 Å². The highest BCUT2D eigenvalue weighted by Crippen LogP contribution is 2.23. The number of piperazine rings is 1. The number of methoxy groups -OCH3 is 1. The van der Waals surface area contributed by atoms with Gasteiger partial charge >= 0.3 is 0 Å². The van der Waals surface area contributed by atoms with Gasteiger partial charge in [-0.15, -0.1) is 0 Å². The van der Waals surface area contributed by atoms with Crippen LogP contribution in [0.5, 0.6) is 5.88 Å². The van der Waals surface area contributed by atoms with Crippen molar-refractivity contribution in [2.24, 2.45) is 0 Å². The summed E-state index contributed by atoms with van der Waals surface area (Å²) in [6, 6.07) is 6.61. The first kappa shape index (κ1) is 23.3. The Morgan fingerprint density at radius 3 is 2.48 bits per heavy atom. The topological polar surface area (TPSA) is 83.1 Å². The molecule has 0 atom stereocenters. The van der Waals surface area contributed by atoms with Crippen molar-refractivity contribution in [1.29, 1.82) is 0 Å². The Labute approximate surface area is 195 Å². The van der Waals surface area contributed by atoms with Crippen molar-refractivity contribution in [2.75, 3.05) is 82.5 Å². The minimum absolute atomic E-state index is 0.216. The summed E-state index contributed by atoms with van der Waals surface area (Å²) in [5.41, 5.74) is 4.22. The maximum Gasteiger partial charge on any atom is 0.258 e. The molecule has 0 aliphatic carbocycles. The molecule has 0 saturated carbocycles. The highest BCUT2D eigenvalue weighted by molar-refractivity contribution is 5.96. The van der Waals surface area contributed by atoms with Gasteiger partial charge in [0.1, 0.15) is 5.56 Å². The Morgan fingerprint density at radius 1 is 1.06 bits per heavy atom. The quantitative estimate of drug-likeness (QED) is 0.674. The van der Waals surface area contributed by atoms with E-state index in [1.165, 1.54) is 23.9 Å². The second kappa shape index (κ2) is 10.8. The van der Waals surface area contributed by atoms with Gasteiger partial charge < -0.3 is 24.6 Å². The zero-order valence-corrected chi connectivity index (χ0v) is 19.8. The molecule has 0 bridgehead atoms. The Bertz CT molecular complexity index is 955. The highest BCUT2D eigenvalue weighted by atomic mass is 16.5. The number of hydrogen-bond acceptors (Lipinski definition) is 8. The number of ether oxygens (including phenoxy) is 2. The van der Waals surface area contributed by atoms with Gasteiger partial charge in [0.2, 0.25) is 11.8 Å². The molecule has 3 heterocycles. The predicted octanol–water partition coefficient (Wildman–Crippen LogP) is 1.49. The monoisotopic (exact) mass is 454 g/mol. The molecule has 1 aromatic carbocycles. The molecule has 178 valence electrons. The summed E-state index contributed by atoms with van der Waals surface area (Å²) < 4.78 is 10.8. The van der Waals surface area contributed by atoms with Crippen LogP contribution < -0.4 is 19.9 Å². The van der Waals surface area contributed by atoms with Crippen LogP contribution in [0, 0.1) is 13.8 Å². The molecule has 2 aromatic rings. The summed E-state index contributed by atoms with van der Waals surface area (Å²) in [5.74, 6) is 0.683. The molecular weight excluding hydrogens is 420 g/mol. The van der Waals surface area contributed by atoms with Crippen molar-refractivity contribution in [2.45, 2.75) is 13.8 Å². The van der Waals surface area contributed by atoms with Gasteiger partial charge in [0.15, 0.2) is 0 Å². The van der Waals surface area contributed by atoms with Crippen molar-refractivity contribution in [1.82, 2.24) is 20.2 Å². The number of amides is 1. The minimum Gasteiger partial charge on any atom is -0.480 e. The smallest absolute Gasteiger partial charge is 0.258 e. The average molecular weight is 455 g/mol. The zero-order chi connectivity index (χ0) is 23.2. The lowest BCUT2D eigenvalue weighted by Gasteiger charge is -2.36. The van der Waals surface area contributed by atoms with Gasteiger partial charge in [-0.3, -0.25) is 9.69 Å². The van der Waals surface area contributed by atoms with Crippen LogP contribution in [-0.2, 0) is 4.74 Å². The normalized spacial score (nSPS) is 17.2. The molecule has 0 radical (unpaired) electrons. The van der Waals surface area contributed by atoms with Crippen molar-refractivity contribution in [3.8, 4) is 5.88 Å². The number of rotatable bonds is 7. The number of carbonyl (C=O) groups excluding carboxylic acids is 1. The first-order chi connectivity index (χ1) is 16.0. The number of morpholine rings is 1. The van der Waals surface area contributed by atoms with E-state index >= 15 is 0 Å². The Balaban J connectivity index is 1.33. The van der Waals surface area contributed by atoms with Crippen molar-refractivity contribution in [3.63, 3.8) is 0 Å². The summed E-state index contributed by atoms with van der Waals surface area (Å²) in [6.07, 6.45) is 1.57. The van der Waals surface area contributed by atoms with E-state index in [0.717, 1.165) is 59.0 Å². The first-order valence-corrected chi connectivity index (χ1v) is 11.6. The summed E-state index contributed by atoms with van der Waals surface area (Å²) in [6.45, 7) is 12.3. The van der Waals surface area contributed by atoms with Crippen LogP contribution >= 0.6 is 0 Å². The van der Waals surface area contributed by atoms with E-state index in [2.05, 4.69) is 62.0 Å². The average Bonchev–Trinajstić information content (AvgIpc) is 2.86. The minimum atomic E-state index is -0.216. The van der Waals surface area contributed by atoms with Gasteiger partial charge in [-0.1, -0.05) is 6.07 Å². The number of carbonyl (C=O) groups is 1. The van der Waals surface area contributed by atoms with Gasteiger partial charge in [-0.2, -0.15) is 4.98 Å². The van der Waals surface area contributed by atoms with Crippen molar-refractivity contribution < 1.29 is 14.3 Å². The summed E-state index contributed by atoms with van der Waals surface area (Å²) in [4.78, 5) is 28.5. The lowest BCUT2D eigenvalue weighted by atomic mass is 10.1. The molecule has 9 nitrogen and oxygen atoms in total. The van der Waals surface area contributed by atoms with Gasteiger partial charge in [-0.05, 0) is 37.1 Å². The fourth-order valence-corrected chi connectivity index (χ4v) is 4.16. The fourth-order valence-electron chi connectivity index (χ4n) is 4.16. The van der Waals surface area contributed by atoms with E-state index in [4.69, 9.17) is 9.47 Å². The third kappa shape index (κ3) is 5.72. The lowest BCUT2D eigenvalue weighted by Crippen LogP contribution is -2.47. The van der Waals surface area contributed by atoms with Crippen LogP contribution in [0.15, 0.2) is 24.4 Å². The third-order valence-electron chi connectivity index (χ3n) is 6.41. The number of anilines is 2. The number of nitrogens with one attached hydrogen (secondary N) is 1. The van der Waals surface area contributed by atoms with E-state index in [1.54, 1.807) is 6.20 Å². The Hall–Kier alpha value is -2.91. The number of aromatic nitrogens is 2. The van der Waals surface area contributed by atoms with Gasteiger partial charge in [0.25, 0.3) is 5.91 Å². The van der Waals surface area contributed by atoms with E-state index in [-0.39, 0.29) is 5.91 Å². The molecule has 33 heavy (non-hydrogen) atoms. The molecule has 2 fully saturated rings. The number of nitrogens with zero attached hydrogens (tertiary/aromatic N) is 5. The van der Waals surface area contributed by atoms with Crippen LogP contribution in [0.2, 0.25) is 0 Å². The van der Waals surface area contributed by atoms with Crippen LogP contribution in [-0.4, -0.2) is 93.5 Å². The molecule has 1 aromatic heterocycles. The van der Waals surface area contributed by atoms with Crippen molar-refractivity contribution in [3.05, 3.63) is 41.1 Å². The maximum absolute atomic E-state index is 12.7. The van der Waals surface area contributed by atoms with E-state index in [9.17, 15) is 4.79 Å². The first-order valence-electron chi connectivity index (χ1n) is 11.6. The third-order valence-corrected chi connectivity index (χ3v) is 6.41. The zero-order valence-electron chi connectivity index (χ0n) is 19.8. The summed E-state index contributed by atoms with van der Waals surface area (Å²) >= 11 is 0. The molecule has 4 rings (SSSR count). The molecule has 1 N–H and O–H groups in total.